The quantitative estimate of drug-likeness (QED) is 0.208. The van der Waals surface area contributed by atoms with Crippen LogP contribution in [0.3, 0.4) is 0 Å². The Morgan fingerprint density at radius 3 is 2.66 bits per heavy atom. The molecule has 1 atom stereocenters. The van der Waals surface area contributed by atoms with E-state index in [4.69, 9.17) is 4.74 Å². The first-order valence-electron chi connectivity index (χ1n) is 10.2. The number of aromatic nitrogens is 2. The smallest absolute Gasteiger partial charge is 0.435 e. The average Bonchev–Trinajstić information content (AvgIpc) is 3.44. The largest absolute Gasteiger partial charge is 0.490 e. The SMILES string of the molecule is CCNC(=NCc1cn(C)nc1C(F)(F)F)NC(C)c1ccc(OCC2CC2)c(F)c1.I. The fraction of sp³-hybridized carbons (Fsp3) is 0.524. The molecule has 1 aliphatic carbocycles. The molecule has 6 nitrogen and oxygen atoms in total. The number of rotatable bonds is 8. The molecule has 11 heteroatoms. The summed E-state index contributed by atoms with van der Waals surface area (Å²) in [5.41, 5.74) is -0.311. The van der Waals surface area contributed by atoms with E-state index >= 15 is 0 Å². The maximum atomic E-state index is 14.4. The minimum absolute atomic E-state index is 0. The van der Waals surface area contributed by atoms with Crippen LogP contribution in [0.5, 0.6) is 5.75 Å². The second kappa shape index (κ2) is 11.2. The number of guanidine groups is 1. The highest BCUT2D eigenvalue weighted by atomic mass is 127. The van der Waals surface area contributed by atoms with Crippen LogP contribution in [-0.2, 0) is 19.8 Å². The number of alkyl halides is 3. The molecule has 0 aliphatic heterocycles. The van der Waals surface area contributed by atoms with Gasteiger partial charge in [0.2, 0.25) is 0 Å². The Morgan fingerprint density at radius 1 is 1.34 bits per heavy atom. The molecule has 0 spiro atoms. The van der Waals surface area contributed by atoms with E-state index in [0.717, 1.165) is 17.5 Å². The number of hydrogen-bond acceptors (Lipinski definition) is 3. The molecule has 2 aromatic rings. The third-order valence-electron chi connectivity index (χ3n) is 4.91. The molecular formula is C21H28F4IN5O. The zero-order chi connectivity index (χ0) is 22.6. The second-order valence-electron chi connectivity index (χ2n) is 7.68. The molecule has 1 aromatic heterocycles. The summed E-state index contributed by atoms with van der Waals surface area (Å²) in [7, 11) is 1.43. The van der Waals surface area contributed by atoms with Crippen LogP contribution in [0.25, 0.3) is 0 Å². The van der Waals surface area contributed by atoms with Gasteiger partial charge in [-0.25, -0.2) is 9.38 Å². The number of hydrogen-bond donors (Lipinski definition) is 2. The van der Waals surface area contributed by atoms with Gasteiger partial charge in [0.05, 0.1) is 19.2 Å². The lowest BCUT2D eigenvalue weighted by Crippen LogP contribution is -2.38. The zero-order valence-corrected chi connectivity index (χ0v) is 20.5. The number of ether oxygens (including phenoxy) is 1. The second-order valence-corrected chi connectivity index (χ2v) is 7.68. The summed E-state index contributed by atoms with van der Waals surface area (Å²) in [5, 5.41) is 9.59. The summed E-state index contributed by atoms with van der Waals surface area (Å²) in [4.78, 5) is 4.26. The predicted molar refractivity (Wildman–Crippen MR) is 125 cm³/mol. The van der Waals surface area contributed by atoms with E-state index in [1.54, 1.807) is 12.1 Å². The number of benzene rings is 1. The van der Waals surface area contributed by atoms with Crippen molar-refractivity contribution in [1.29, 1.82) is 0 Å². The summed E-state index contributed by atoms with van der Waals surface area (Å²) >= 11 is 0. The Labute approximate surface area is 201 Å². The van der Waals surface area contributed by atoms with E-state index in [2.05, 4.69) is 20.7 Å². The van der Waals surface area contributed by atoms with E-state index in [0.29, 0.717) is 30.6 Å². The van der Waals surface area contributed by atoms with E-state index in [1.165, 1.54) is 19.3 Å². The molecule has 1 unspecified atom stereocenters. The highest BCUT2D eigenvalue weighted by Gasteiger charge is 2.36. The first kappa shape index (κ1) is 26.2. The Hall–Kier alpha value is -2.05. The van der Waals surface area contributed by atoms with Crippen molar-refractivity contribution >= 4 is 29.9 Å². The molecule has 1 fully saturated rings. The van der Waals surface area contributed by atoms with Crippen molar-refractivity contribution in [2.24, 2.45) is 18.0 Å². The molecule has 0 radical (unpaired) electrons. The Balaban J connectivity index is 0.00000363. The molecule has 32 heavy (non-hydrogen) atoms. The summed E-state index contributed by atoms with van der Waals surface area (Å²) in [6.45, 7) is 4.50. The van der Waals surface area contributed by atoms with Crippen LogP contribution in [0.2, 0.25) is 0 Å². The fourth-order valence-corrected chi connectivity index (χ4v) is 3.06. The van der Waals surface area contributed by atoms with Gasteiger partial charge in [-0.2, -0.15) is 18.3 Å². The van der Waals surface area contributed by atoms with Gasteiger partial charge >= 0.3 is 6.18 Å². The van der Waals surface area contributed by atoms with Crippen LogP contribution < -0.4 is 15.4 Å². The first-order valence-corrected chi connectivity index (χ1v) is 10.2. The average molecular weight is 569 g/mol. The van der Waals surface area contributed by atoms with Gasteiger partial charge in [-0.15, -0.1) is 24.0 Å². The van der Waals surface area contributed by atoms with E-state index in [1.807, 2.05) is 13.8 Å². The van der Waals surface area contributed by atoms with Gasteiger partial charge in [-0.3, -0.25) is 4.68 Å². The zero-order valence-electron chi connectivity index (χ0n) is 18.2. The maximum Gasteiger partial charge on any atom is 0.435 e. The third kappa shape index (κ3) is 7.24. The molecule has 0 amide bonds. The highest BCUT2D eigenvalue weighted by molar-refractivity contribution is 14.0. The van der Waals surface area contributed by atoms with Gasteiger partial charge in [0.15, 0.2) is 23.2 Å². The predicted octanol–water partition coefficient (Wildman–Crippen LogP) is 4.80. The third-order valence-corrected chi connectivity index (χ3v) is 4.91. The first-order chi connectivity index (χ1) is 14.7. The normalized spacial score (nSPS) is 15.2. The molecule has 178 valence electrons. The van der Waals surface area contributed by atoms with Gasteiger partial charge in [0.25, 0.3) is 0 Å². The van der Waals surface area contributed by atoms with Crippen molar-refractivity contribution in [3.63, 3.8) is 0 Å². The van der Waals surface area contributed by atoms with E-state index in [9.17, 15) is 17.6 Å². The summed E-state index contributed by atoms with van der Waals surface area (Å²) in [6, 6.07) is 4.42. The van der Waals surface area contributed by atoms with Crippen LogP contribution in [0.4, 0.5) is 17.6 Å². The Morgan fingerprint density at radius 2 is 2.06 bits per heavy atom. The van der Waals surface area contributed by atoms with Crippen molar-refractivity contribution in [1.82, 2.24) is 20.4 Å². The van der Waals surface area contributed by atoms with Crippen LogP contribution >= 0.6 is 24.0 Å². The lowest BCUT2D eigenvalue weighted by Gasteiger charge is -2.19. The lowest BCUT2D eigenvalue weighted by molar-refractivity contribution is -0.142. The molecule has 1 heterocycles. The van der Waals surface area contributed by atoms with Gasteiger partial charge in [0, 0.05) is 25.4 Å². The molecule has 1 aliphatic rings. The Kier molecular flexibility index (Phi) is 9.17. The highest BCUT2D eigenvalue weighted by Crippen LogP contribution is 2.31. The Bertz CT molecular complexity index is 927. The van der Waals surface area contributed by atoms with Crippen molar-refractivity contribution in [3.8, 4) is 5.75 Å². The van der Waals surface area contributed by atoms with Crippen molar-refractivity contribution in [2.75, 3.05) is 13.2 Å². The topological polar surface area (TPSA) is 63.5 Å². The molecule has 2 N–H and O–H groups in total. The van der Waals surface area contributed by atoms with Crippen LogP contribution in [0, 0.1) is 11.7 Å². The fourth-order valence-electron chi connectivity index (χ4n) is 3.06. The van der Waals surface area contributed by atoms with Gasteiger partial charge in [-0.1, -0.05) is 6.07 Å². The number of aryl methyl sites for hydroxylation is 1. The van der Waals surface area contributed by atoms with E-state index in [-0.39, 0.29) is 47.9 Å². The molecule has 3 rings (SSSR count). The van der Waals surface area contributed by atoms with Crippen LogP contribution in [0.15, 0.2) is 29.4 Å². The van der Waals surface area contributed by atoms with Gasteiger partial charge < -0.3 is 15.4 Å². The van der Waals surface area contributed by atoms with Crippen LogP contribution in [-0.4, -0.2) is 28.9 Å². The lowest BCUT2D eigenvalue weighted by atomic mass is 10.1. The van der Waals surface area contributed by atoms with Crippen LogP contribution in [0.1, 0.15) is 49.6 Å². The number of aliphatic imine (C=N–C) groups is 1. The minimum Gasteiger partial charge on any atom is -0.490 e. The molecular weight excluding hydrogens is 541 g/mol. The van der Waals surface area contributed by atoms with Crippen molar-refractivity contribution in [3.05, 3.63) is 47.0 Å². The number of nitrogens with one attached hydrogen (secondary N) is 2. The summed E-state index contributed by atoms with van der Waals surface area (Å²) in [5.74, 6) is 0.622. The maximum absolute atomic E-state index is 14.4. The van der Waals surface area contributed by atoms with Crippen molar-refractivity contribution in [2.45, 2.75) is 45.5 Å². The number of nitrogens with zero attached hydrogens (tertiary/aromatic N) is 3. The van der Waals surface area contributed by atoms with Gasteiger partial charge in [-0.05, 0) is 50.3 Å². The summed E-state index contributed by atoms with van der Waals surface area (Å²) < 4.78 is 60.4. The molecule has 0 bridgehead atoms. The monoisotopic (exact) mass is 569 g/mol. The van der Waals surface area contributed by atoms with E-state index < -0.39 is 17.7 Å². The van der Waals surface area contributed by atoms with Crippen molar-refractivity contribution < 1.29 is 22.3 Å². The standard InChI is InChI=1S/C21H27F4N5O.HI/c1-4-26-20(27-10-16-11-30(3)29-19(16)21(23,24)25)28-13(2)15-7-8-18(17(22)9-15)31-12-14-5-6-14;/h7-9,11,13-14H,4-6,10,12H2,1-3H3,(H2,26,27,28);1H. The number of halogens is 5. The van der Waals surface area contributed by atoms with Gasteiger partial charge in [0.1, 0.15) is 0 Å². The summed E-state index contributed by atoms with van der Waals surface area (Å²) in [6.07, 6.45) is -1.01. The molecule has 1 saturated carbocycles. The molecule has 0 saturated heterocycles. The molecule has 1 aromatic carbocycles. The minimum atomic E-state index is -4.55.